The molecule has 0 saturated carbocycles. The highest BCUT2D eigenvalue weighted by Gasteiger charge is 2.22. The van der Waals surface area contributed by atoms with Gasteiger partial charge in [-0.1, -0.05) is 54.6 Å². The molecular weight excluding hydrogens is 418 g/mol. The third kappa shape index (κ3) is 4.11. The van der Waals surface area contributed by atoms with Crippen molar-refractivity contribution in [3.05, 3.63) is 94.5 Å². The van der Waals surface area contributed by atoms with Crippen LogP contribution in [0, 0.1) is 0 Å². The van der Waals surface area contributed by atoms with Gasteiger partial charge < -0.3 is 15.5 Å². The Hall–Kier alpha value is -2.63. The smallest absolute Gasteiger partial charge is 0.193 e. The molecular formula is C23H22BrNO3. The first-order valence-corrected chi connectivity index (χ1v) is 9.08. The maximum Gasteiger partial charge on any atom is 0.193 e. The summed E-state index contributed by atoms with van der Waals surface area (Å²) in [5.74, 6) is -0.145. The Morgan fingerprint density at radius 3 is 2.29 bits per heavy atom. The predicted molar refractivity (Wildman–Crippen MR) is 115 cm³/mol. The van der Waals surface area contributed by atoms with Gasteiger partial charge >= 0.3 is 0 Å². The normalized spacial score (nSPS) is 15.4. The van der Waals surface area contributed by atoms with E-state index in [1.807, 2.05) is 54.6 Å². The Morgan fingerprint density at radius 2 is 1.57 bits per heavy atom. The summed E-state index contributed by atoms with van der Waals surface area (Å²) in [4.78, 5) is 12.5. The van der Waals surface area contributed by atoms with E-state index in [2.05, 4.69) is 5.32 Å². The zero-order valence-electron chi connectivity index (χ0n) is 15.3. The van der Waals surface area contributed by atoms with Gasteiger partial charge in [0.25, 0.3) is 0 Å². The van der Waals surface area contributed by atoms with Crippen LogP contribution in [0.3, 0.4) is 0 Å². The van der Waals surface area contributed by atoms with Crippen molar-refractivity contribution in [3.8, 4) is 11.5 Å². The Balaban J connectivity index is 0.00000225. The Labute approximate surface area is 174 Å². The second kappa shape index (κ2) is 8.59. The van der Waals surface area contributed by atoms with Crippen molar-refractivity contribution in [2.75, 3.05) is 6.54 Å². The van der Waals surface area contributed by atoms with Gasteiger partial charge in [0.2, 0.25) is 0 Å². The number of nitrogens with one attached hydrogen (secondary N) is 1. The summed E-state index contributed by atoms with van der Waals surface area (Å²) >= 11 is 0. The topological polar surface area (TPSA) is 69.6 Å². The van der Waals surface area contributed by atoms with Crippen LogP contribution in [0.25, 0.3) is 0 Å². The van der Waals surface area contributed by atoms with Crippen LogP contribution in [0.4, 0.5) is 0 Å². The third-order valence-electron chi connectivity index (χ3n) is 5.09. The summed E-state index contributed by atoms with van der Waals surface area (Å²) in [6.07, 6.45) is 1.57. The van der Waals surface area contributed by atoms with Gasteiger partial charge in [-0.3, -0.25) is 4.79 Å². The van der Waals surface area contributed by atoms with Crippen molar-refractivity contribution >= 4 is 22.8 Å². The summed E-state index contributed by atoms with van der Waals surface area (Å²) in [6.45, 7) is 0.826. The number of fused-ring (bicyclic) bond motifs is 1. The summed E-state index contributed by atoms with van der Waals surface area (Å²) in [6, 6.07) is 20.3. The van der Waals surface area contributed by atoms with E-state index in [-0.39, 0.29) is 40.3 Å². The number of halogens is 1. The molecule has 1 unspecified atom stereocenters. The van der Waals surface area contributed by atoms with E-state index in [1.165, 1.54) is 0 Å². The van der Waals surface area contributed by atoms with Crippen molar-refractivity contribution in [3.63, 3.8) is 0 Å². The third-order valence-corrected chi connectivity index (χ3v) is 5.09. The standard InChI is InChI=1S/C23H21NO3.BrH/c25-21-13-18-10-11-24-20(19(18)14-22(21)26)12-15-6-8-17(9-7-15)23(27)16-4-2-1-3-5-16;/h1-9,13-14,20,24-26H,10-12H2;1H. The first-order valence-electron chi connectivity index (χ1n) is 9.08. The van der Waals surface area contributed by atoms with Gasteiger partial charge in [0.1, 0.15) is 0 Å². The van der Waals surface area contributed by atoms with Crippen LogP contribution in [-0.4, -0.2) is 22.5 Å². The van der Waals surface area contributed by atoms with Gasteiger partial charge in [0.15, 0.2) is 17.3 Å². The van der Waals surface area contributed by atoms with Crippen LogP contribution in [0.15, 0.2) is 66.7 Å². The SMILES string of the molecule is Br.O=C(c1ccccc1)c1ccc(CC2NCCc3cc(O)c(O)cc32)cc1. The molecule has 0 fully saturated rings. The molecule has 0 saturated heterocycles. The Morgan fingerprint density at radius 1 is 0.929 bits per heavy atom. The molecule has 5 heteroatoms. The maximum absolute atomic E-state index is 12.5. The minimum absolute atomic E-state index is 0. The number of hydrogen-bond donors (Lipinski definition) is 3. The summed E-state index contributed by atoms with van der Waals surface area (Å²) in [5.41, 5.74) is 4.54. The molecule has 0 aliphatic carbocycles. The quantitative estimate of drug-likeness (QED) is 0.417. The van der Waals surface area contributed by atoms with Crippen LogP contribution in [0.5, 0.6) is 11.5 Å². The molecule has 3 N–H and O–H groups in total. The van der Waals surface area contributed by atoms with Crippen molar-refractivity contribution in [1.82, 2.24) is 5.32 Å². The molecule has 0 amide bonds. The molecule has 3 aromatic carbocycles. The van der Waals surface area contributed by atoms with Crippen molar-refractivity contribution < 1.29 is 15.0 Å². The number of phenols is 2. The number of rotatable bonds is 4. The highest BCUT2D eigenvalue weighted by molar-refractivity contribution is 8.93. The maximum atomic E-state index is 12.5. The van der Waals surface area contributed by atoms with E-state index in [0.29, 0.717) is 11.1 Å². The van der Waals surface area contributed by atoms with Gasteiger partial charge in [0.05, 0.1) is 0 Å². The van der Waals surface area contributed by atoms with Gasteiger partial charge in [-0.25, -0.2) is 0 Å². The fraction of sp³-hybridized carbons (Fsp3) is 0.174. The summed E-state index contributed by atoms with van der Waals surface area (Å²) in [5, 5.41) is 23.0. The average molecular weight is 440 g/mol. The molecule has 4 nitrogen and oxygen atoms in total. The number of carbonyl (C=O) groups is 1. The lowest BCUT2D eigenvalue weighted by atomic mass is 9.89. The lowest BCUT2D eigenvalue weighted by Gasteiger charge is -2.27. The zero-order chi connectivity index (χ0) is 18.8. The molecule has 1 aliphatic rings. The summed E-state index contributed by atoms with van der Waals surface area (Å²) in [7, 11) is 0. The number of ketones is 1. The van der Waals surface area contributed by atoms with Gasteiger partial charge in [-0.2, -0.15) is 0 Å². The highest BCUT2D eigenvalue weighted by Crippen LogP contribution is 2.34. The van der Waals surface area contributed by atoms with E-state index >= 15 is 0 Å². The van der Waals surface area contributed by atoms with E-state index in [4.69, 9.17) is 0 Å². The van der Waals surface area contributed by atoms with E-state index < -0.39 is 0 Å². The molecule has 3 aromatic rings. The molecule has 1 heterocycles. The Kier molecular flexibility index (Phi) is 6.17. The molecule has 4 rings (SSSR count). The monoisotopic (exact) mass is 439 g/mol. The number of benzene rings is 3. The molecule has 28 heavy (non-hydrogen) atoms. The molecule has 1 aliphatic heterocycles. The van der Waals surface area contributed by atoms with Crippen molar-refractivity contribution in [2.45, 2.75) is 18.9 Å². The number of phenolic OH excluding ortho intramolecular Hbond substituents is 2. The van der Waals surface area contributed by atoms with E-state index in [1.54, 1.807) is 12.1 Å². The largest absolute Gasteiger partial charge is 0.504 e. The first kappa shape index (κ1) is 20.1. The minimum Gasteiger partial charge on any atom is -0.504 e. The lowest BCUT2D eigenvalue weighted by molar-refractivity contribution is 0.103. The molecule has 0 radical (unpaired) electrons. The van der Waals surface area contributed by atoms with Crippen LogP contribution < -0.4 is 5.32 Å². The van der Waals surface area contributed by atoms with Crippen LogP contribution in [0.1, 0.15) is 38.7 Å². The fourth-order valence-electron chi connectivity index (χ4n) is 3.63. The van der Waals surface area contributed by atoms with E-state index in [9.17, 15) is 15.0 Å². The fourth-order valence-corrected chi connectivity index (χ4v) is 3.63. The van der Waals surface area contributed by atoms with Crippen LogP contribution in [0.2, 0.25) is 0 Å². The predicted octanol–water partition coefficient (Wildman–Crippen LogP) is 4.34. The summed E-state index contributed by atoms with van der Waals surface area (Å²) < 4.78 is 0. The highest BCUT2D eigenvalue weighted by atomic mass is 79.9. The van der Waals surface area contributed by atoms with Gasteiger partial charge in [-0.15, -0.1) is 17.0 Å². The number of carbonyl (C=O) groups excluding carboxylic acids is 1. The molecule has 0 spiro atoms. The van der Waals surface area contributed by atoms with Crippen LogP contribution >= 0.6 is 17.0 Å². The van der Waals surface area contributed by atoms with Crippen molar-refractivity contribution in [2.24, 2.45) is 0 Å². The molecule has 1 atom stereocenters. The van der Waals surface area contributed by atoms with Crippen molar-refractivity contribution in [1.29, 1.82) is 0 Å². The van der Waals surface area contributed by atoms with Gasteiger partial charge in [0, 0.05) is 17.2 Å². The molecule has 144 valence electrons. The Bertz CT molecular complexity index is 971. The number of aromatic hydroxyl groups is 2. The average Bonchev–Trinajstić information content (AvgIpc) is 2.70. The lowest BCUT2D eigenvalue weighted by Crippen LogP contribution is -2.31. The zero-order valence-corrected chi connectivity index (χ0v) is 17.0. The number of hydrogen-bond acceptors (Lipinski definition) is 4. The molecule has 0 aromatic heterocycles. The first-order chi connectivity index (χ1) is 13.1. The second-order valence-corrected chi connectivity index (χ2v) is 6.89. The molecule has 0 bridgehead atoms. The van der Waals surface area contributed by atoms with E-state index in [0.717, 1.165) is 36.1 Å². The second-order valence-electron chi connectivity index (χ2n) is 6.89. The minimum atomic E-state index is -0.0914. The van der Waals surface area contributed by atoms with Gasteiger partial charge in [-0.05, 0) is 48.2 Å². The van der Waals surface area contributed by atoms with Crippen LogP contribution in [-0.2, 0) is 12.8 Å².